The summed E-state index contributed by atoms with van der Waals surface area (Å²) in [6.07, 6.45) is 0. The molecule has 0 amide bonds. The molecule has 2 nitrogen and oxygen atoms in total. The lowest BCUT2D eigenvalue weighted by Crippen LogP contribution is -2.10. The van der Waals surface area contributed by atoms with E-state index >= 15 is 0 Å². The molecule has 1 atom stereocenters. The van der Waals surface area contributed by atoms with Crippen LogP contribution >= 0.6 is 68.4 Å². The Morgan fingerprint density at radius 2 is 0.970 bits per heavy atom. The maximum Gasteiger partial charge on any atom is 0.193 e. The average molecular weight is 699 g/mol. The van der Waals surface area contributed by atoms with Crippen molar-refractivity contribution in [2.24, 2.45) is 0 Å². The first-order valence-electron chi connectivity index (χ1n) is 10.1. The lowest BCUT2D eigenvalue weighted by molar-refractivity contribution is 0.103. The van der Waals surface area contributed by atoms with Crippen molar-refractivity contribution in [2.75, 3.05) is 6.61 Å². The summed E-state index contributed by atoms with van der Waals surface area (Å²) in [7, 11) is 0. The topological polar surface area (TPSA) is 29.6 Å². The molecule has 4 aromatic rings. The Balaban J connectivity index is 0.000000157. The van der Waals surface area contributed by atoms with E-state index in [2.05, 4.69) is 69.4 Å². The maximum absolute atomic E-state index is 12.0. The molecule has 1 fully saturated rings. The monoisotopic (exact) mass is 698 g/mol. The third-order valence-corrected chi connectivity index (χ3v) is 7.21. The summed E-state index contributed by atoms with van der Waals surface area (Å²) >= 11 is 16.2. The van der Waals surface area contributed by atoms with Gasteiger partial charge in [-0.15, -0.1) is 0 Å². The van der Waals surface area contributed by atoms with Crippen molar-refractivity contribution in [1.29, 1.82) is 0 Å². The molecule has 0 spiro atoms. The molecule has 33 heavy (non-hydrogen) atoms. The van der Waals surface area contributed by atoms with Crippen molar-refractivity contribution in [3.05, 3.63) is 137 Å². The smallest absolute Gasteiger partial charge is 0.193 e. The van der Waals surface area contributed by atoms with Crippen LogP contribution < -0.4 is 0 Å². The number of halogens is 4. The van der Waals surface area contributed by atoms with Gasteiger partial charge in [-0.1, -0.05) is 47.5 Å². The second-order valence-corrected chi connectivity index (χ2v) is 10.8. The van der Waals surface area contributed by atoms with Crippen LogP contribution in [0.15, 0.2) is 97.1 Å². The highest BCUT2D eigenvalue weighted by molar-refractivity contribution is 14.1. The van der Waals surface area contributed by atoms with Gasteiger partial charge in [0.1, 0.15) is 5.60 Å². The number of hydrogen-bond acceptors (Lipinski definition) is 2. The zero-order valence-electron chi connectivity index (χ0n) is 17.3. The predicted molar refractivity (Wildman–Crippen MR) is 151 cm³/mol. The van der Waals surface area contributed by atoms with Crippen LogP contribution in [-0.4, -0.2) is 12.4 Å². The molecule has 0 aliphatic carbocycles. The first-order valence-corrected chi connectivity index (χ1v) is 13.0. The molecule has 1 aliphatic rings. The minimum absolute atomic E-state index is 0.0214. The van der Waals surface area contributed by atoms with E-state index in [0.29, 0.717) is 16.1 Å². The summed E-state index contributed by atoms with van der Waals surface area (Å²) in [5.74, 6) is 0.0214. The van der Waals surface area contributed by atoms with Crippen LogP contribution in [-0.2, 0) is 10.3 Å². The molecule has 5 rings (SSSR count). The minimum Gasteiger partial charge on any atom is -0.359 e. The van der Waals surface area contributed by atoms with Gasteiger partial charge in [0.2, 0.25) is 0 Å². The first kappa shape index (κ1) is 24.7. The van der Waals surface area contributed by atoms with Gasteiger partial charge in [-0.05, 0) is 129 Å². The molecule has 1 unspecified atom stereocenters. The fourth-order valence-electron chi connectivity index (χ4n) is 3.38. The molecule has 1 heterocycles. The van der Waals surface area contributed by atoms with Gasteiger partial charge in [-0.25, -0.2) is 0 Å². The van der Waals surface area contributed by atoms with Crippen LogP contribution in [0.3, 0.4) is 0 Å². The number of carbonyl (C=O) groups excluding carboxylic acids is 1. The SMILES string of the molecule is Clc1ccc(C2(c3ccc(I)cc3)CO2)cc1.O=C(c1ccc(Cl)cc1)c1ccc(I)cc1. The zero-order valence-corrected chi connectivity index (χ0v) is 23.1. The van der Waals surface area contributed by atoms with E-state index in [0.717, 1.165) is 15.2 Å². The van der Waals surface area contributed by atoms with E-state index in [1.165, 1.54) is 14.7 Å². The van der Waals surface area contributed by atoms with Gasteiger partial charge in [-0.3, -0.25) is 4.79 Å². The van der Waals surface area contributed by atoms with Crippen molar-refractivity contribution in [3.63, 3.8) is 0 Å². The van der Waals surface area contributed by atoms with Crippen LogP contribution in [0, 0.1) is 7.14 Å². The summed E-state index contributed by atoms with van der Waals surface area (Å²) in [6.45, 7) is 0.745. The largest absolute Gasteiger partial charge is 0.359 e. The highest BCUT2D eigenvalue weighted by Gasteiger charge is 2.48. The molecule has 1 saturated heterocycles. The van der Waals surface area contributed by atoms with Crippen LogP contribution in [0.25, 0.3) is 0 Å². The normalized spacial score (nSPS) is 16.5. The Hall–Kier alpha value is -1.45. The molecule has 0 aromatic heterocycles. The Morgan fingerprint density at radius 1 is 0.636 bits per heavy atom. The second kappa shape index (κ2) is 10.9. The van der Waals surface area contributed by atoms with Gasteiger partial charge in [-0.2, -0.15) is 0 Å². The number of hydrogen-bond donors (Lipinski definition) is 0. The van der Waals surface area contributed by atoms with Gasteiger partial charge in [0, 0.05) is 28.3 Å². The molecule has 0 bridgehead atoms. The van der Waals surface area contributed by atoms with Crippen LogP contribution in [0.5, 0.6) is 0 Å². The van der Waals surface area contributed by atoms with Gasteiger partial charge in [0.05, 0.1) is 6.61 Å². The Bertz CT molecular complexity index is 1140. The number of carbonyl (C=O) groups is 1. The molecule has 166 valence electrons. The van der Waals surface area contributed by atoms with E-state index in [1.807, 2.05) is 48.5 Å². The molecular formula is C27H18Cl2I2O2. The highest BCUT2D eigenvalue weighted by Crippen LogP contribution is 2.45. The Labute approximate surface area is 230 Å². The highest BCUT2D eigenvalue weighted by atomic mass is 127. The van der Waals surface area contributed by atoms with Crippen molar-refractivity contribution in [3.8, 4) is 0 Å². The first-order chi connectivity index (χ1) is 15.9. The molecule has 0 radical (unpaired) electrons. The molecule has 0 saturated carbocycles. The summed E-state index contributed by atoms with van der Waals surface area (Å²) < 4.78 is 8.05. The number of epoxide rings is 1. The number of benzene rings is 4. The standard InChI is InChI=1S/C14H10ClIO.C13H8ClIO/c15-12-5-1-10(2-6-12)14(9-17-14)11-3-7-13(16)8-4-11;14-11-5-1-9(2-6-11)13(16)10-3-7-12(15)8-4-10/h1-8H,9H2;1-8H. The molecular weight excluding hydrogens is 681 g/mol. The summed E-state index contributed by atoms with van der Waals surface area (Å²) in [4.78, 5) is 12.0. The molecule has 1 aliphatic heterocycles. The number of ether oxygens (including phenoxy) is 1. The average Bonchev–Trinajstić information content (AvgIpc) is 3.63. The second-order valence-electron chi connectivity index (χ2n) is 7.47. The predicted octanol–water partition coefficient (Wildman–Crippen LogP) is 8.39. The fourth-order valence-corrected chi connectivity index (χ4v) is 4.35. The quantitative estimate of drug-likeness (QED) is 0.122. The Kier molecular flexibility index (Phi) is 8.12. The third-order valence-electron chi connectivity index (χ3n) is 5.27. The van der Waals surface area contributed by atoms with Gasteiger partial charge < -0.3 is 4.74 Å². The van der Waals surface area contributed by atoms with Crippen molar-refractivity contribution in [1.82, 2.24) is 0 Å². The van der Waals surface area contributed by atoms with Gasteiger partial charge in [0.25, 0.3) is 0 Å². The number of ketones is 1. The molecule has 4 aromatic carbocycles. The van der Waals surface area contributed by atoms with Crippen LogP contribution in [0.2, 0.25) is 10.0 Å². The van der Waals surface area contributed by atoms with E-state index in [9.17, 15) is 4.79 Å². The zero-order chi connectivity index (χ0) is 23.4. The molecule has 6 heteroatoms. The summed E-state index contributed by atoms with van der Waals surface area (Å²) in [5, 5.41) is 1.39. The fraction of sp³-hybridized carbons (Fsp3) is 0.0741. The van der Waals surface area contributed by atoms with E-state index in [4.69, 9.17) is 27.9 Å². The van der Waals surface area contributed by atoms with Gasteiger partial charge >= 0.3 is 0 Å². The van der Waals surface area contributed by atoms with Gasteiger partial charge in [0.15, 0.2) is 5.78 Å². The minimum atomic E-state index is -0.241. The van der Waals surface area contributed by atoms with Crippen molar-refractivity contribution >= 4 is 74.2 Å². The van der Waals surface area contributed by atoms with E-state index < -0.39 is 0 Å². The maximum atomic E-state index is 12.0. The van der Waals surface area contributed by atoms with Crippen molar-refractivity contribution < 1.29 is 9.53 Å². The van der Waals surface area contributed by atoms with E-state index in [-0.39, 0.29) is 11.4 Å². The van der Waals surface area contributed by atoms with Crippen molar-refractivity contribution in [2.45, 2.75) is 5.60 Å². The van der Waals surface area contributed by atoms with E-state index in [1.54, 1.807) is 24.3 Å². The lowest BCUT2D eigenvalue weighted by atomic mass is 9.92. The number of rotatable bonds is 4. The summed E-state index contributed by atoms with van der Waals surface area (Å²) in [6, 6.07) is 30.8. The van der Waals surface area contributed by atoms with Crippen LogP contribution in [0.4, 0.5) is 0 Å². The summed E-state index contributed by atoms with van der Waals surface area (Å²) in [5.41, 5.74) is 3.49. The van der Waals surface area contributed by atoms with Crippen LogP contribution in [0.1, 0.15) is 27.0 Å². The lowest BCUT2D eigenvalue weighted by Gasteiger charge is -2.13. The molecule has 0 N–H and O–H groups in total. The third kappa shape index (κ3) is 6.17. The Morgan fingerprint density at radius 3 is 1.39 bits per heavy atom.